The van der Waals surface area contributed by atoms with Gasteiger partial charge in [0.05, 0.1) is 6.21 Å². The molecule has 5 heteroatoms. The van der Waals surface area contributed by atoms with E-state index < -0.39 is 0 Å². The highest BCUT2D eigenvalue weighted by Crippen LogP contribution is 2.19. The van der Waals surface area contributed by atoms with E-state index >= 15 is 0 Å². The Kier molecular flexibility index (Phi) is 4.52. The molecule has 0 saturated carbocycles. The average Bonchev–Trinajstić information content (AvgIpc) is 2.78. The summed E-state index contributed by atoms with van der Waals surface area (Å²) >= 11 is 5.05. The molecule has 0 spiro atoms. The van der Waals surface area contributed by atoms with Crippen molar-refractivity contribution in [3.63, 3.8) is 0 Å². The SMILES string of the molecule is CCNC(=S)N/N=C/c1cn(CC)c2ccccc12. The third kappa shape index (κ3) is 3.12. The predicted molar refractivity (Wildman–Crippen MR) is 84.6 cm³/mol. The molecule has 0 aliphatic carbocycles. The first-order valence-corrected chi connectivity index (χ1v) is 6.81. The number of rotatable bonds is 4. The van der Waals surface area contributed by atoms with Crippen molar-refractivity contribution in [2.75, 3.05) is 6.54 Å². The summed E-state index contributed by atoms with van der Waals surface area (Å²) in [4.78, 5) is 0. The van der Waals surface area contributed by atoms with Crippen molar-refractivity contribution in [2.24, 2.45) is 5.10 Å². The first-order chi connectivity index (χ1) is 9.26. The van der Waals surface area contributed by atoms with Gasteiger partial charge in [-0.05, 0) is 32.1 Å². The molecule has 2 rings (SSSR count). The largest absolute Gasteiger partial charge is 0.362 e. The highest BCUT2D eigenvalue weighted by molar-refractivity contribution is 7.80. The van der Waals surface area contributed by atoms with Crippen LogP contribution >= 0.6 is 12.2 Å². The van der Waals surface area contributed by atoms with Crippen molar-refractivity contribution in [3.05, 3.63) is 36.0 Å². The number of hydrogen-bond donors (Lipinski definition) is 2. The third-order valence-corrected chi connectivity index (χ3v) is 3.10. The third-order valence-electron chi connectivity index (χ3n) is 2.87. The van der Waals surface area contributed by atoms with Gasteiger partial charge in [0.15, 0.2) is 5.11 Å². The van der Waals surface area contributed by atoms with Gasteiger partial charge >= 0.3 is 0 Å². The summed E-state index contributed by atoms with van der Waals surface area (Å²) in [6, 6.07) is 8.31. The van der Waals surface area contributed by atoms with Crippen LogP contribution in [0.5, 0.6) is 0 Å². The fraction of sp³-hybridized carbons (Fsp3) is 0.286. The lowest BCUT2D eigenvalue weighted by molar-refractivity contribution is 0.797. The molecule has 19 heavy (non-hydrogen) atoms. The number of nitrogens with one attached hydrogen (secondary N) is 2. The molecule has 0 unspecified atom stereocenters. The quantitative estimate of drug-likeness (QED) is 0.511. The van der Waals surface area contributed by atoms with Crippen LogP contribution in [-0.2, 0) is 6.54 Å². The molecule has 0 bridgehead atoms. The Bertz CT molecular complexity index is 601. The van der Waals surface area contributed by atoms with Gasteiger partial charge in [-0.2, -0.15) is 5.10 Å². The monoisotopic (exact) mass is 274 g/mol. The molecule has 0 saturated heterocycles. The first-order valence-electron chi connectivity index (χ1n) is 6.41. The zero-order chi connectivity index (χ0) is 13.7. The van der Waals surface area contributed by atoms with Crippen molar-refractivity contribution in [1.82, 2.24) is 15.3 Å². The lowest BCUT2D eigenvalue weighted by Crippen LogP contribution is -2.31. The number of para-hydroxylation sites is 1. The van der Waals surface area contributed by atoms with Crippen LogP contribution in [0.3, 0.4) is 0 Å². The molecule has 0 atom stereocenters. The van der Waals surface area contributed by atoms with E-state index in [9.17, 15) is 0 Å². The maximum absolute atomic E-state index is 5.05. The molecular formula is C14H18N4S. The molecule has 0 amide bonds. The van der Waals surface area contributed by atoms with Crippen LogP contribution in [-0.4, -0.2) is 22.4 Å². The van der Waals surface area contributed by atoms with Crippen molar-refractivity contribution in [2.45, 2.75) is 20.4 Å². The van der Waals surface area contributed by atoms with Gasteiger partial charge in [0, 0.05) is 35.8 Å². The van der Waals surface area contributed by atoms with Crippen molar-refractivity contribution in [3.8, 4) is 0 Å². The van der Waals surface area contributed by atoms with E-state index in [2.05, 4.69) is 45.7 Å². The minimum Gasteiger partial charge on any atom is -0.362 e. The minimum atomic E-state index is 0.540. The van der Waals surface area contributed by atoms with Gasteiger partial charge in [-0.25, -0.2) is 0 Å². The summed E-state index contributed by atoms with van der Waals surface area (Å²) in [7, 11) is 0. The molecule has 100 valence electrons. The Morgan fingerprint density at radius 3 is 2.89 bits per heavy atom. The van der Waals surface area contributed by atoms with Gasteiger partial charge in [-0.1, -0.05) is 18.2 Å². The Morgan fingerprint density at radius 1 is 1.37 bits per heavy atom. The number of thiocarbonyl (C=S) groups is 1. The number of hydrazone groups is 1. The van der Waals surface area contributed by atoms with E-state index in [1.165, 1.54) is 10.9 Å². The van der Waals surface area contributed by atoms with Gasteiger partial charge in [0.25, 0.3) is 0 Å². The molecule has 0 aliphatic heterocycles. The van der Waals surface area contributed by atoms with Gasteiger partial charge in [0.2, 0.25) is 0 Å². The summed E-state index contributed by atoms with van der Waals surface area (Å²) < 4.78 is 2.21. The fourth-order valence-electron chi connectivity index (χ4n) is 2.00. The maximum atomic E-state index is 5.05. The minimum absolute atomic E-state index is 0.540. The van der Waals surface area contributed by atoms with Gasteiger partial charge in [-0.15, -0.1) is 0 Å². The summed E-state index contributed by atoms with van der Waals surface area (Å²) in [6.45, 7) is 5.85. The second-order valence-corrected chi connectivity index (χ2v) is 4.53. The van der Waals surface area contributed by atoms with E-state index in [1.54, 1.807) is 6.21 Å². The van der Waals surface area contributed by atoms with E-state index in [0.717, 1.165) is 18.7 Å². The molecule has 4 nitrogen and oxygen atoms in total. The second kappa shape index (κ2) is 6.33. The van der Waals surface area contributed by atoms with Crippen LogP contribution in [0.2, 0.25) is 0 Å². The molecule has 0 aliphatic rings. The zero-order valence-corrected chi connectivity index (χ0v) is 12.0. The van der Waals surface area contributed by atoms with E-state index in [0.29, 0.717) is 5.11 Å². The van der Waals surface area contributed by atoms with E-state index in [4.69, 9.17) is 12.2 Å². The number of nitrogens with zero attached hydrogens (tertiary/aromatic N) is 2. The normalized spacial score (nSPS) is 11.1. The number of fused-ring (bicyclic) bond motifs is 1. The summed E-state index contributed by atoms with van der Waals surface area (Å²) in [5, 5.41) is 8.89. The maximum Gasteiger partial charge on any atom is 0.186 e. The lowest BCUT2D eigenvalue weighted by Gasteiger charge is -2.02. The van der Waals surface area contributed by atoms with E-state index in [1.807, 2.05) is 19.1 Å². The average molecular weight is 274 g/mol. The number of benzene rings is 1. The Hall–Kier alpha value is -1.88. The second-order valence-electron chi connectivity index (χ2n) is 4.12. The Labute approximate surface area is 118 Å². The summed E-state index contributed by atoms with van der Waals surface area (Å²) in [5.41, 5.74) is 5.11. The van der Waals surface area contributed by atoms with Crippen LogP contribution in [0.15, 0.2) is 35.6 Å². The number of aromatic nitrogens is 1. The Morgan fingerprint density at radius 2 is 2.16 bits per heavy atom. The lowest BCUT2D eigenvalue weighted by atomic mass is 10.2. The van der Waals surface area contributed by atoms with Crippen molar-refractivity contribution in [1.29, 1.82) is 0 Å². The van der Waals surface area contributed by atoms with Gasteiger partial charge in [0.1, 0.15) is 0 Å². The molecule has 1 heterocycles. The number of hydrogen-bond acceptors (Lipinski definition) is 2. The highest BCUT2D eigenvalue weighted by Gasteiger charge is 2.04. The Balaban J connectivity index is 2.21. The number of aryl methyl sites for hydroxylation is 1. The van der Waals surface area contributed by atoms with Gasteiger partial charge in [-0.3, -0.25) is 5.43 Å². The molecule has 2 aromatic rings. The molecule has 0 radical (unpaired) electrons. The van der Waals surface area contributed by atoms with E-state index in [-0.39, 0.29) is 0 Å². The fourth-order valence-corrected chi connectivity index (χ4v) is 2.20. The molecule has 0 fully saturated rings. The molecular weight excluding hydrogens is 256 g/mol. The van der Waals surface area contributed by atoms with Crippen LogP contribution < -0.4 is 10.7 Å². The van der Waals surface area contributed by atoms with Crippen molar-refractivity contribution < 1.29 is 0 Å². The zero-order valence-electron chi connectivity index (χ0n) is 11.2. The summed E-state index contributed by atoms with van der Waals surface area (Å²) in [6.07, 6.45) is 3.91. The van der Waals surface area contributed by atoms with Gasteiger partial charge < -0.3 is 9.88 Å². The van der Waals surface area contributed by atoms with Crippen molar-refractivity contribution >= 4 is 34.4 Å². The predicted octanol–water partition coefficient (Wildman–Crippen LogP) is 2.48. The smallest absolute Gasteiger partial charge is 0.186 e. The summed E-state index contributed by atoms with van der Waals surface area (Å²) in [5.74, 6) is 0. The van der Waals surface area contributed by atoms with Crippen LogP contribution in [0.25, 0.3) is 10.9 Å². The standard InChI is InChI=1S/C14H18N4S/c1-3-15-14(19)17-16-9-11-10-18(4-2)13-8-6-5-7-12(11)13/h5-10H,3-4H2,1-2H3,(H2,15,17,19)/b16-9+. The molecule has 1 aromatic carbocycles. The van der Waals surface area contributed by atoms with Crippen LogP contribution in [0.4, 0.5) is 0 Å². The van der Waals surface area contributed by atoms with Crippen LogP contribution in [0, 0.1) is 0 Å². The topological polar surface area (TPSA) is 41.4 Å². The van der Waals surface area contributed by atoms with Crippen LogP contribution in [0.1, 0.15) is 19.4 Å². The molecule has 1 aromatic heterocycles. The highest BCUT2D eigenvalue weighted by atomic mass is 32.1. The first kappa shape index (κ1) is 13.5. The molecule has 2 N–H and O–H groups in total.